The summed E-state index contributed by atoms with van der Waals surface area (Å²) in [5.74, 6) is 0.865. The predicted molar refractivity (Wildman–Crippen MR) is 104 cm³/mol. The molecule has 0 bridgehead atoms. The van der Waals surface area contributed by atoms with Crippen molar-refractivity contribution < 1.29 is 4.74 Å². The van der Waals surface area contributed by atoms with Crippen molar-refractivity contribution in [2.75, 3.05) is 6.61 Å². The van der Waals surface area contributed by atoms with Gasteiger partial charge in [0.1, 0.15) is 5.75 Å². The maximum Gasteiger partial charge on any atom is 0.147 e. The summed E-state index contributed by atoms with van der Waals surface area (Å²) in [5, 5.41) is 3.68. The topological polar surface area (TPSA) is 21.3 Å². The minimum atomic E-state index is 0.380. The molecule has 124 valence electrons. The molecule has 23 heavy (non-hydrogen) atoms. The summed E-state index contributed by atoms with van der Waals surface area (Å²) in [7, 11) is 0. The average molecular weight is 441 g/mol. The smallest absolute Gasteiger partial charge is 0.147 e. The SMILES string of the molecule is CCCC(NCc1cc(Br)c(OCC)c(Br)c1)c1ccccc1. The lowest BCUT2D eigenvalue weighted by Crippen LogP contribution is -2.20. The predicted octanol–water partition coefficient (Wildman–Crippen LogP) is 6.24. The standard InChI is InChI=1S/C19H23Br2NO/c1-3-8-18(15-9-6-5-7-10-15)22-13-14-11-16(20)19(23-4-2)17(21)12-14/h5-7,9-12,18,22H,3-4,8,13H2,1-2H3. The van der Waals surface area contributed by atoms with E-state index in [9.17, 15) is 0 Å². The molecule has 0 saturated heterocycles. The summed E-state index contributed by atoms with van der Waals surface area (Å²) >= 11 is 7.20. The summed E-state index contributed by atoms with van der Waals surface area (Å²) in [6.45, 7) is 5.69. The van der Waals surface area contributed by atoms with E-state index in [-0.39, 0.29) is 0 Å². The second kappa shape index (κ2) is 9.45. The molecule has 0 spiro atoms. The first kappa shape index (κ1) is 18.5. The normalized spacial score (nSPS) is 12.2. The van der Waals surface area contributed by atoms with Crippen LogP contribution in [0.5, 0.6) is 5.75 Å². The van der Waals surface area contributed by atoms with Crippen LogP contribution in [0.4, 0.5) is 0 Å². The van der Waals surface area contributed by atoms with Gasteiger partial charge >= 0.3 is 0 Å². The number of ether oxygens (including phenoxy) is 1. The number of hydrogen-bond donors (Lipinski definition) is 1. The number of nitrogens with one attached hydrogen (secondary N) is 1. The summed E-state index contributed by atoms with van der Waals surface area (Å²) in [6, 6.07) is 15.3. The lowest BCUT2D eigenvalue weighted by Gasteiger charge is -2.19. The molecule has 0 radical (unpaired) electrons. The van der Waals surface area contributed by atoms with Gasteiger partial charge < -0.3 is 10.1 Å². The summed E-state index contributed by atoms with van der Waals surface area (Å²) in [4.78, 5) is 0. The number of halogens is 2. The molecule has 0 saturated carbocycles. The van der Waals surface area contributed by atoms with Gasteiger partial charge in [0.15, 0.2) is 0 Å². The molecule has 1 N–H and O–H groups in total. The largest absolute Gasteiger partial charge is 0.492 e. The zero-order valence-corrected chi connectivity index (χ0v) is 16.8. The van der Waals surface area contributed by atoms with E-state index in [2.05, 4.69) is 86.6 Å². The van der Waals surface area contributed by atoms with Crippen molar-refractivity contribution in [1.82, 2.24) is 5.32 Å². The molecule has 2 aromatic carbocycles. The molecule has 0 aliphatic carbocycles. The van der Waals surface area contributed by atoms with E-state index in [1.807, 2.05) is 6.92 Å². The second-order valence-corrected chi connectivity index (χ2v) is 7.16. The van der Waals surface area contributed by atoms with Crippen LogP contribution in [0.2, 0.25) is 0 Å². The third-order valence-corrected chi connectivity index (χ3v) is 4.86. The van der Waals surface area contributed by atoms with E-state index in [4.69, 9.17) is 4.74 Å². The number of benzene rings is 2. The van der Waals surface area contributed by atoms with Crippen molar-refractivity contribution in [3.63, 3.8) is 0 Å². The average Bonchev–Trinajstić information content (AvgIpc) is 2.55. The first-order chi connectivity index (χ1) is 11.2. The lowest BCUT2D eigenvalue weighted by atomic mass is 10.0. The molecular formula is C19H23Br2NO. The van der Waals surface area contributed by atoms with E-state index in [0.29, 0.717) is 12.6 Å². The van der Waals surface area contributed by atoms with Crippen molar-refractivity contribution in [3.05, 3.63) is 62.5 Å². The molecule has 0 amide bonds. The molecule has 4 heteroatoms. The van der Waals surface area contributed by atoms with Crippen LogP contribution in [0.1, 0.15) is 43.9 Å². The van der Waals surface area contributed by atoms with Gasteiger partial charge in [-0.3, -0.25) is 0 Å². The van der Waals surface area contributed by atoms with Crippen LogP contribution in [0.25, 0.3) is 0 Å². The monoisotopic (exact) mass is 439 g/mol. The molecular weight excluding hydrogens is 418 g/mol. The van der Waals surface area contributed by atoms with E-state index in [1.54, 1.807) is 0 Å². The lowest BCUT2D eigenvalue weighted by molar-refractivity contribution is 0.336. The van der Waals surface area contributed by atoms with Crippen LogP contribution in [0.3, 0.4) is 0 Å². The first-order valence-electron chi connectivity index (χ1n) is 8.04. The zero-order valence-electron chi connectivity index (χ0n) is 13.6. The summed E-state index contributed by atoms with van der Waals surface area (Å²) < 4.78 is 7.61. The Morgan fingerprint density at radius 2 is 1.70 bits per heavy atom. The first-order valence-corrected chi connectivity index (χ1v) is 9.63. The Balaban J connectivity index is 2.09. The second-order valence-electron chi connectivity index (χ2n) is 5.45. The van der Waals surface area contributed by atoms with Crippen LogP contribution in [-0.4, -0.2) is 6.61 Å². The fourth-order valence-electron chi connectivity index (χ4n) is 2.60. The van der Waals surface area contributed by atoms with Crippen LogP contribution in [0, 0.1) is 0 Å². The van der Waals surface area contributed by atoms with Gasteiger partial charge in [-0.15, -0.1) is 0 Å². The van der Waals surface area contributed by atoms with Crippen molar-refractivity contribution in [2.24, 2.45) is 0 Å². The highest BCUT2D eigenvalue weighted by atomic mass is 79.9. The van der Waals surface area contributed by atoms with Crippen LogP contribution >= 0.6 is 31.9 Å². The highest BCUT2D eigenvalue weighted by molar-refractivity contribution is 9.11. The Labute approximate surface area is 155 Å². The van der Waals surface area contributed by atoms with Gasteiger partial charge in [0, 0.05) is 12.6 Å². The molecule has 0 aliphatic rings. The van der Waals surface area contributed by atoms with E-state index in [1.165, 1.54) is 11.1 Å². The maximum atomic E-state index is 5.64. The Morgan fingerprint density at radius 3 is 2.26 bits per heavy atom. The minimum absolute atomic E-state index is 0.380. The minimum Gasteiger partial charge on any atom is -0.492 e. The van der Waals surface area contributed by atoms with E-state index >= 15 is 0 Å². The van der Waals surface area contributed by atoms with Gasteiger partial charge in [0.25, 0.3) is 0 Å². The van der Waals surface area contributed by atoms with Crippen molar-refractivity contribution in [3.8, 4) is 5.75 Å². The molecule has 0 aromatic heterocycles. The molecule has 2 nitrogen and oxygen atoms in total. The molecule has 0 heterocycles. The van der Waals surface area contributed by atoms with Crippen LogP contribution < -0.4 is 10.1 Å². The molecule has 2 rings (SSSR count). The Bertz CT molecular complexity index is 593. The zero-order chi connectivity index (χ0) is 16.7. The van der Waals surface area contributed by atoms with Gasteiger partial charge in [-0.25, -0.2) is 0 Å². The Hall–Kier alpha value is -0.840. The van der Waals surface area contributed by atoms with Crippen molar-refractivity contribution in [2.45, 2.75) is 39.3 Å². The van der Waals surface area contributed by atoms with Crippen molar-refractivity contribution in [1.29, 1.82) is 0 Å². The highest BCUT2D eigenvalue weighted by Crippen LogP contribution is 2.35. The highest BCUT2D eigenvalue weighted by Gasteiger charge is 2.12. The molecule has 1 unspecified atom stereocenters. The fraction of sp³-hybridized carbons (Fsp3) is 0.368. The summed E-state index contributed by atoms with van der Waals surface area (Å²) in [5.41, 5.74) is 2.57. The molecule has 2 aromatic rings. The quantitative estimate of drug-likeness (QED) is 0.524. The fourth-order valence-corrected chi connectivity index (χ4v) is 4.11. The van der Waals surface area contributed by atoms with E-state index < -0.39 is 0 Å². The molecule has 0 fully saturated rings. The van der Waals surface area contributed by atoms with Gasteiger partial charge in [-0.05, 0) is 68.5 Å². The van der Waals surface area contributed by atoms with Gasteiger partial charge in [0.05, 0.1) is 15.6 Å². The van der Waals surface area contributed by atoms with Crippen LogP contribution in [0.15, 0.2) is 51.4 Å². The van der Waals surface area contributed by atoms with Crippen molar-refractivity contribution >= 4 is 31.9 Å². The summed E-state index contributed by atoms with van der Waals surface area (Å²) in [6.07, 6.45) is 2.28. The number of hydrogen-bond acceptors (Lipinski definition) is 2. The maximum absolute atomic E-state index is 5.64. The molecule has 1 atom stereocenters. The third kappa shape index (κ3) is 5.33. The van der Waals surface area contributed by atoms with Gasteiger partial charge in [-0.1, -0.05) is 43.7 Å². The van der Waals surface area contributed by atoms with E-state index in [0.717, 1.165) is 34.1 Å². The van der Waals surface area contributed by atoms with Crippen LogP contribution in [-0.2, 0) is 6.54 Å². The molecule has 0 aliphatic heterocycles. The Kier molecular flexibility index (Phi) is 7.60. The third-order valence-electron chi connectivity index (χ3n) is 3.68. The van der Waals surface area contributed by atoms with Gasteiger partial charge in [-0.2, -0.15) is 0 Å². The Morgan fingerprint density at radius 1 is 1.04 bits per heavy atom. The number of rotatable bonds is 8. The van der Waals surface area contributed by atoms with Gasteiger partial charge in [0.2, 0.25) is 0 Å².